The summed E-state index contributed by atoms with van der Waals surface area (Å²) in [5.41, 5.74) is 0.808. The summed E-state index contributed by atoms with van der Waals surface area (Å²) in [4.78, 5) is 29.1. The van der Waals surface area contributed by atoms with Crippen molar-refractivity contribution in [2.24, 2.45) is 17.8 Å². The van der Waals surface area contributed by atoms with Gasteiger partial charge in [-0.3, -0.25) is 9.59 Å². The molecule has 1 atom stereocenters. The van der Waals surface area contributed by atoms with Crippen molar-refractivity contribution in [3.8, 4) is 0 Å². The lowest BCUT2D eigenvalue weighted by Gasteiger charge is -2.27. The Kier molecular flexibility index (Phi) is 6.74. The van der Waals surface area contributed by atoms with Gasteiger partial charge >= 0.3 is 5.97 Å². The number of ether oxygens (including phenoxy) is 1. The van der Waals surface area contributed by atoms with Crippen molar-refractivity contribution in [2.45, 2.75) is 40.0 Å². The number of nitrogens with zero attached hydrogens (tertiary/aromatic N) is 1. The summed E-state index contributed by atoms with van der Waals surface area (Å²) in [6, 6.07) is 0. The zero-order valence-electron chi connectivity index (χ0n) is 14.5. The first-order valence-electron chi connectivity index (χ1n) is 8.43. The molecule has 0 saturated carbocycles. The molecule has 0 bridgehead atoms. The molecule has 7 heteroatoms. The van der Waals surface area contributed by atoms with Gasteiger partial charge in [0, 0.05) is 19.8 Å². The first-order valence-corrected chi connectivity index (χ1v) is 9.25. The standard InChI is InChI=1S/C17H26N2O4S/c1-10(2)8-14-15(24-11(3)19-14)16(20)18-9-13(17(21)22)12-4-6-23-7-5-12/h10,12-13H,4-9H2,1-3H3,(H,18,20)(H,21,22). The zero-order valence-corrected chi connectivity index (χ0v) is 15.3. The maximum atomic E-state index is 12.5. The lowest BCUT2D eigenvalue weighted by molar-refractivity contribution is -0.144. The van der Waals surface area contributed by atoms with Gasteiger partial charge in [0.1, 0.15) is 4.88 Å². The van der Waals surface area contributed by atoms with Crippen molar-refractivity contribution in [1.82, 2.24) is 10.3 Å². The van der Waals surface area contributed by atoms with Gasteiger partial charge in [-0.2, -0.15) is 0 Å². The van der Waals surface area contributed by atoms with Crippen molar-refractivity contribution in [1.29, 1.82) is 0 Å². The van der Waals surface area contributed by atoms with Crippen LogP contribution in [0.15, 0.2) is 0 Å². The van der Waals surface area contributed by atoms with Crippen LogP contribution in [0, 0.1) is 24.7 Å². The Morgan fingerprint density at radius 1 is 1.38 bits per heavy atom. The summed E-state index contributed by atoms with van der Waals surface area (Å²) in [5, 5.41) is 13.2. The van der Waals surface area contributed by atoms with Crippen LogP contribution in [0.1, 0.15) is 47.1 Å². The maximum Gasteiger partial charge on any atom is 0.308 e. The van der Waals surface area contributed by atoms with Crippen molar-refractivity contribution in [2.75, 3.05) is 19.8 Å². The molecule has 1 aliphatic heterocycles. The Morgan fingerprint density at radius 3 is 2.62 bits per heavy atom. The van der Waals surface area contributed by atoms with Gasteiger partial charge in [0.2, 0.25) is 0 Å². The van der Waals surface area contributed by atoms with E-state index in [1.165, 1.54) is 11.3 Å². The van der Waals surface area contributed by atoms with Gasteiger partial charge in [0.25, 0.3) is 5.91 Å². The van der Waals surface area contributed by atoms with Crippen LogP contribution in [0.5, 0.6) is 0 Å². The Bertz CT molecular complexity index is 579. The molecule has 2 rings (SSSR count). The van der Waals surface area contributed by atoms with E-state index < -0.39 is 11.9 Å². The molecule has 2 heterocycles. The lowest BCUT2D eigenvalue weighted by Crippen LogP contribution is -2.39. The number of carbonyl (C=O) groups excluding carboxylic acids is 1. The highest BCUT2D eigenvalue weighted by Crippen LogP contribution is 2.25. The molecule has 0 spiro atoms. The monoisotopic (exact) mass is 354 g/mol. The van der Waals surface area contributed by atoms with Crippen molar-refractivity contribution >= 4 is 23.2 Å². The second-order valence-electron chi connectivity index (χ2n) is 6.71. The molecule has 0 aromatic carbocycles. The third-order valence-corrected chi connectivity index (χ3v) is 5.26. The van der Waals surface area contributed by atoms with Crippen molar-refractivity contribution in [3.05, 3.63) is 15.6 Å². The number of rotatable bonds is 7. The number of hydrogen-bond acceptors (Lipinski definition) is 5. The van der Waals surface area contributed by atoms with E-state index >= 15 is 0 Å². The van der Waals surface area contributed by atoms with Crippen LogP contribution in [0.4, 0.5) is 0 Å². The SMILES string of the molecule is Cc1nc(CC(C)C)c(C(=O)NCC(C(=O)O)C2CCOCC2)s1. The van der Waals surface area contributed by atoms with Gasteiger partial charge in [-0.15, -0.1) is 11.3 Å². The van der Waals surface area contributed by atoms with Crippen LogP contribution in [-0.4, -0.2) is 41.7 Å². The number of aryl methyl sites for hydroxylation is 1. The van der Waals surface area contributed by atoms with Gasteiger partial charge in [0.05, 0.1) is 16.6 Å². The molecular formula is C17H26N2O4S. The van der Waals surface area contributed by atoms with E-state index in [2.05, 4.69) is 24.1 Å². The highest BCUT2D eigenvalue weighted by atomic mass is 32.1. The molecule has 1 aliphatic rings. The Labute approximate surface area is 146 Å². The number of amides is 1. The first kappa shape index (κ1) is 18.9. The number of aliphatic carboxylic acids is 1. The molecule has 1 aromatic heterocycles. The first-order chi connectivity index (χ1) is 11.4. The predicted molar refractivity (Wildman–Crippen MR) is 92.4 cm³/mol. The number of hydrogen-bond donors (Lipinski definition) is 2. The molecule has 1 unspecified atom stereocenters. The molecule has 24 heavy (non-hydrogen) atoms. The van der Waals surface area contributed by atoms with E-state index in [4.69, 9.17) is 4.74 Å². The van der Waals surface area contributed by atoms with Crippen molar-refractivity contribution in [3.63, 3.8) is 0 Å². The van der Waals surface area contributed by atoms with E-state index in [0.717, 1.165) is 30.0 Å². The Hall–Kier alpha value is -1.47. The fourth-order valence-electron chi connectivity index (χ4n) is 3.03. The average Bonchev–Trinajstić information content (AvgIpc) is 2.88. The van der Waals surface area contributed by atoms with Gasteiger partial charge in [0.15, 0.2) is 0 Å². The quantitative estimate of drug-likeness (QED) is 0.785. The van der Waals surface area contributed by atoms with E-state index in [1.807, 2.05) is 6.92 Å². The van der Waals surface area contributed by atoms with Crippen LogP contribution in [0.2, 0.25) is 0 Å². The number of aromatic nitrogens is 1. The fourth-order valence-corrected chi connectivity index (χ4v) is 3.89. The minimum atomic E-state index is -0.856. The van der Waals surface area contributed by atoms with Crippen LogP contribution < -0.4 is 5.32 Å². The molecule has 6 nitrogen and oxygen atoms in total. The average molecular weight is 354 g/mol. The van der Waals surface area contributed by atoms with Crippen molar-refractivity contribution < 1.29 is 19.4 Å². The molecular weight excluding hydrogens is 328 g/mol. The maximum absolute atomic E-state index is 12.5. The fraction of sp³-hybridized carbons (Fsp3) is 0.706. The smallest absolute Gasteiger partial charge is 0.308 e. The van der Waals surface area contributed by atoms with Gasteiger partial charge in [-0.25, -0.2) is 4.98 Å². The van der Waals surface area contributed by atoms with E-state index in [-0.39, 0.29) is 18.4 Å². The largest absolute Gasteiger partial charge is 0.481 e. The number of carboxylic acids is 1. The second-order valence-corrected chi connectivity index (χ2v) is 7.91. The number of thiazole rings is 1. The van der Waals surface area contributed by atoms with E-state index in [1.54, 1.807) is 0 Å². The van der Waals surface area contributed by atoms with Gasteiger partial charge in [-0.1, -0.05) is 13.8 Å². The summed E-state index contributed by atoms with van der Waals surface area (Å²) in [6.45, 7) is 7.39. The summed E-state index contributed by atoms with van der Waals surface area (Å²) >= 11 is 1.37. The van der Waals surface area contributed by atoms with Gasteiger partial charge in [-0.05, 0) is 38.0 Å². The van der Waals surface area contributed by atoms with Crippen LogP contribution in [-0.2, 0) is 16.0 Å². The topological polar surface area (TPSA) is 88.5 Å². The second kappa shape index (κ2) is 8.58. The highest BCUT2D eigenvalue weighted by molar-refractivity contribution is 7.13. The van der Waals surface area contributed by atoms with Gasteiger partial charge < -0.3 is 15.2 Å². The van der Waals surface area contributed by atoms with Crippen LogP contribution in [0.25, 0.3) is 0 Å². The van der Waals surface area contributed by atoms with Crippen LogP contribution >= 0.6 is 11.3 Å². The summed E-state index contributed by atoms with van der Waals surface area (Å²) < 4.78 is 5.29. The summed E-state index contributed by atoms with van der Waals surface area (Å²) in [7, 11) is 0. The Morgan fingerprint density at radius 2 is 2.04 bits per heavy atom. The third-order valence-electron chi connectivity index (χ3n) is 4.25. The minimum absolute atomic E-state index is 0.0508. The normalized spacial score (nSPS) is 17.0. The lowest BCUT2D eigenvalue weighted by atomic mass is 9.86. The molecule has 1 saturated heterocycles. The molecule has 1 amide bonds. The number of carbonyl (C=O) groups is 2. The molecule has 2 N–H and O–H groups in total. The molecule has 134 valence electrons. The van der Waals surface area contributed by atoms with E-state index in [9.17, 15) is 14.7 Å². The Balaban J connectivity index is 2.01. The molecule has 1 fully saturated rings. The molecule has 0 radical (unpaired) electrons. The third kappa shape index (κ3) is 5.01. The highest BCUT2D eigenvalue weighted by Gasteiger charge is 2.30. The zero-order chi connectivity index (χ0) is 17.7. The summed E-state index contributed by atoms with van der Waals surface area (Å²) in [6.07, 6.45) is 2.20. The number of nitrogens with one attached hydrogen (secondary N) is 1. The van der Waals surface area contributed by atoms with E-state index in [0.29, 0.717) is 24.0 Å². The van der Waals surface area contributed by atoms with Crippen LogP contribution in [0.3, 0.4) is 0 Å². The molecule has 1 aromatic rings. The minimum Gasteiger partial charge on any atom is -0.481 e. The number of carboxylic acid groups (broad SMARTS) is 1. The predicted octanol–water partition coefficient (Wildman–Crippen LogP) is 2.51. The molecule has 0 aliphatic carbocycles. The summed E-state index contributed by atoms with van der Waals surface area (Å²) in [5.74, 6) is -1.18.